The lowest BCUT2D eigenvalue weighted by Crippen LogP contribution is -2.33. The van der Waals surface area contributed by atoms with E-state index in [1.165, 1.54) is 11.1 Å². The summed E-state index contributed by atoms with van der Waals surface area (Å²) < 4.78 is 2.25. The average molecular weight is 495 g/mol. The first-order valence-corrected chi connectivity index (χ1v) is 12.7. The van der Waals surface area contributed by atoms with Gasteiger partial charge in [0.15, 0.2) is 4.80 Å². The summed E-state index contributed by atoms with van der Waals surface area (Å²) in [6, 6.07) is 24.8. The normalized spacial score (nSPS) is 16.8. The predicted octanol–water partition coefficient (Wildman–Crippen LogP) is 7.43. The highest BCUT2D eigenvalue weighted by Crippen LogP contribution is 2.42. The largest absolute Gasteiger partial charge is 0.286 e. The second-order valence-electron chi connectivity index (χ2n) is 8.70. The van der Waals surface area contributed by atoms with Crippen molar-refractivity contribution in [1.29, 1.82) is 0 Å². The molecular weight excluding hydrogens is 472 g/mol. The van der Waals surface area contributed by atoms with Crippen LogP contribution < -0.4 is 9.70 Å². The summed E-state index contributed by atoms with van der Waals surface area (Å²) in [6.45, 7) is 4.19. The van der Waals surface area contributed by atoms with E-state index in [2.05, 4.69) is 96.3 Å². The number of rotatable bonds is 3. The Hall–Kier alpha value is -3.67. The highest BCUT2D eigenvalue weighted by atomic mass is 35.5. The van der Waals surface area contributed by atoms with Crippen LogP contribution in [0.4, 0.5) is 11.5 Å². The molecule has 1 unspecified atom stereocenters. The fourth-order valence-corrected chi connectivity index (χ4v) is 5.64. The Morgan fingerprint density at radius 1 is 0.857 bits per heavy atom. The average Bonchev–Trinajstić information content (AvgIpc) is 3.25. The lowest BCUT2D eigenvalue weighted by molar-refractivity contribution is 0.847. The van der Waals surface area contributed by atoms with Crippen molar-refractivity contribution in [3.05, 3.63) is 129 Å². The maximum absolute atomic E-state index is 6.20. The fourth-order valence-electron chi connectivity index (χ4n) is 4.30. The molecule has 6 rings (SSSR count). The van der Waals surface area contributed by atoms with Gasteiger partial charge < -0.3 is 0 Å². The van der Waals surface area contributed by atoms with Crippen LogP contribution >= 0.6 is 22.9 Å². The van der Waals surface area contributed by atoms with E-state index >= 15 is 0 Å². The number of aliphatic imine (C=N–C) groups is 1. The van der Waals surface area contributed by atoms with Gasteiger partial charge in [0.25, 0.3) is 0 Å². The number of hydrogen-bond acceptors (Lipinski definition) is 4. The number of amidine groups is 1. The van der Waals surface area contributed by atoms with Crippen LogP contribution in [0.2, 0.25) is 5.02 Å². The lowest BCUT2D eigenvalue weighted by atomic mass is 10.0. The van der Waals surface area contributed by atoms with Crippen molar-refractivity contribution in [2.24, 2.45) is 9.98 Å². The van der Waals surface area contributed by atoms with E-state index in [1.54, 1.807) is 11.3 Å². The molecule has 0 radical (unpaired) electrons. The number of aromatic nitrogens is 1. The number of halogens is 1. The molecule has 0 bridgehead atoms. The summed E-state index contributed by atoms with van der Waals surface area (Å²) in [7, 11) is 0. The molecule has 3 aromatic carbocycles. The lowest BCUT2D eigenvalue weighted by Gasteiger charge is -2.31. The molecule has 35 heavy (non-hydrogen) atoms. The van der Waals surface area contributed by atoms with Crippen LogP contribution in [0.3, 0.4) is 0 Å². The van der Waals surface area contributed by atoms with Crippen LogP contribution in [-0.4, -0.2) is 10.4 Å². The van der Waals surface area contributed by atoms with Crippen molar-refractivity contribution in [3.8, 4) is 5.69 Å². The summed E-state index contributed by atoms with van der Waals surface area (Å²) in [5.74, 6) is 1.97. The minimum atomic E-state index is -0.145. The SMILES string of the molecule is Cc1ccc(N=c2sc3c(n2-c2ccc(C)cc2)N2C=CC=CC2=NC3c2ccc(Cl)cc2)cc1. The minimum absolute atomic E-state index is 0.145. The second kappa shape index (κ2) is 8.84. The Balaban J connectivity index is 1.64. The molecule has 6 heteroatoms. The first-order chi connectivity index (χ1) is 17.1. The van der Waals surface area contributed by atoms with Gasteiger partial charge in [0.05, 0.1) is 10.6 Å². The minimum Gasteiger partial charge on any atom is -0.286 e. The van der Waals surface area contributed by atoms with Crippen molar-refractivity contribution in [2.45, 2.75) is 19.9 Å². The number of aryl methyl sites for hydroxylation is 2. The van der Waals surface area contributed by atoms with Crippen molar-refractivity contribution in [1.82, 2.24) is 4.57 Å². The molecule has 1 aromatic heterocycles. The molecule has 0 saturated carbocycles. The number of thiazole rings is 1. The van der Waals surface area contributed by atoms with Crippen LogP contribution in [0.25, 0.3) is 5.69 Å². The van der Waals surface area contributed by atoms with Gasteiger partial charge in [0.1, 0.15) is 17.7 Å². The molecule has 0 saturated heterocycles. The highest BCUT2D eigenvalue weighted by molar-refractivity contribution is 7.10. The zero-order valence-electron chi connectivity index (χ0n) is 19.4. The number of allylic oxidation sites excluding steroid dienone is 2. The second-order valence-corrected chi connectivity index (χ2v) is 10.1. The third-order valence-corrected chi connectivity index (χ3v) is 7.47. The van der Waals surface area contributed by atoms with E-state index in [4.69, 9.17) is 21.6 Å². The number of benzene rings is 3. The predicted molar refractivity (Wildman–Crippen MR) is 146 cm³/mol. The first-order valence-electron chi connectivity index (χ1n) is 11.5. The molecule has 0 aliphatic carbocycles. The van der Waals surface area contributed by atoms with E-state index < -0.39 is 0 Å². The molecule has 1 atom stereocenters. The van der Waals surface area contributed by atoms with Gasteiger partial charge in [0.2, 0.25) is 0 Å². The molecular formula is C29H23ClN4S. The van der Waals surface area contributed by atoms with Crippen molar-refractivity contribution < 1.29 is 0 Å². The maximum Gasteiger partial charge on any atom is 0.196 e. The standard InChI is InChI=1S/C29H23ClN4S/c1-19-6-14-23(15-7-19)31-29-34(24-16-8-20(2)9-17-24)28-27(35-29)26(21-10-12-22(30)13-11-21)32-25-5-3-4-18-33(25)28/h3-18,26H,1-2H3. The number of anilines is 1. The molecule has 4 nitrogen and oxygen atoms in total. The first kappa shape index (κ1) is 21.8. The van der Waals surface area contributed by atoms with Crippen molar-refractivity contribution in [2.75, 3.05) is 4.90 Å². The summed E-state index contributed by atoms with van der Waals surface area (Å²) in [5.41, 5.74) is 5.53. The third-order valence-electron chi connectivity index (χ3n) is 6.14. The summed E-state index contributed by atoms with van der Waals surface area (Å²) in [6.07, 6.45) is 8.20. The topological polar surface area (TPSA) is 32.9 Å². The van der Waals surface area contributed by atoms with Gasteiger partial charge in [0, 0.05) is 16.9 Å². The molecule has 3 heterocycles. The maximum atomic E-state index is 6.20. The van der Waals surface area contributed by atoms with Crippen LogP contribution in [0.1, 0.15) is 27.6 Å². The van der Waals surface area contributed by atoms with Crippen molar-refractivity contribution in [3.63, 3.8) is 0 Å². The summed E-state index contributed by atoms with van der Waals surface area (Å²) >= 11 is 7.88. The molecule has 172 valence electrons. The summed E-state index contributed by atoms with van der Waals surface area (Å²) in [4.78, 5) is 14.5. The Labute approximate surface area is 213 Å². The van der Waals surface area contributed by atoms with E-state index in [-0.39, 0.29) is 6.04 Å². The van der Waals surface area contributed by atoms with Gasteiger partial charge in [-0.25, -0.2) is 4.99 Å². The fraction of sp³-hybridized carbons (Fsp3) is 0.103. The number of nitrogens with zero attached hydrogens (tertiary/aromatic N) is 4. The van der Waals surface area contributed by atoms with Gasteiger partial charge >= 0.3 is 0 Å². The molecule has 2 aliphatic rings. The number of fused-ring (bicyclic) bond motifs is 3. The van der Waals surface area contributed by atoms with Crippen LogP contribution in [0.5, 0.6) is 0 Å². The van der Waals surface area contributed by atoms with Gasteiger partial charge in [-0.1, -0.05) is 76.5 Å². The molecule has 0 N–H and O–H groups in total. The van der Waals surface area contributed by atoms with Crippen LogP contribution in [-0.2, 0) is 0 Å². The molecule has 0 spiro atoms. The zero-order chi connectivity index (χ0) is 23.9. The van der Waals surface area contributed by atoms with Gasteiger partial charge in [-0.05, 0) is 68.0 Å². The molecule has 0 amide bonds. The molecule has 4 aromatic rings. The monoisotopic (exact) mass is 494 g/mol. The van der Waals surface area contributed by atoms with Gasteiger partial charge in [-0.2, -0.15) is 0 Å². The third kappa shape index (κ3) is 4.07. The van der Waals surface area contributed by atoms with Crippen LogP contribution in [0, 0.1) is 13.8 Å². The molecule has 2 aliphatic heterocycles. The van der Waals surface area contributed by atoms with E-state index in [0.717, 1.165) is 43.3 Å². The van der Waals surface area contributed by atoms with Gasteiger partial charge in [-0.15, -0.1) is 0 Å². The quantitative estimate of drug-likeness (QED) is 0.291. The van der Waals surface area contributed by atoms with Crippen LogP contribution in [0.15, 0.2) is 107 Å². The Morgan fingerprint density at radius 2 is 1.54 bits per heavy atom. The smallest absolute Gasteiger partial charge is 0.196 e. The Morgan fingerprint density at radius 3 is 2.26 bits per heavy atom. The highest BCUT2D eigenvalue weighted by Gasteiger charge is 2.33. The molecule has 0 fully saturated rings. The number of hydrogen-bond donors (Lipinski definition) is 0. The van der Waals surface area contributed by atoms with E-state index in [1.807, 2.05) is 24.3 Å². The summed E-state index contributed by atoms with van der Waals surface area (Å²) in [5, 5.41) is 0.718. The van der Waals surface area contributed by atoms with Crippen molar-refractivity contribution >= 4 is 40.3 Å². The van der Waals surface area contributed by atoms with E-state index in [9.17, 15) is 0 Å². The van der Waals surface area contributed by atoms with E-state index in [0.29, 0.717) is 0 Å². The zero-order valence-corrected chi connectivity index (χ0v) is 21.0. The Kier molecular flexibility index (Phi) is 5.51. The Bertz CT molecular complexity index is 1550. The van der Waals surface area contributed by atoms with Gasteiger partial charge in [-0.3, -0.25) is 14.5 Å².